The molecule has 0 radical (unpaired) electrons. The summed E-state index contributed by atoms with van der Waals surface area (Å²) in [6, 6.07) is 10.1. The Labute approximate surface area is 142 Å². The van der Waals surface area contributed by atoms with E-state index in [9.17, 15) is 4.79 Å². The molecule has 2 aromatic carbocycles. The summed E-state index contributed by atoms with van der Waals surface area (Å²) >= 11 is 17.9. The molecule has 7 heteroatoms. The van der Waals surface area contributed by atoms with Crippen molar-refractivity contribution in [3.8, 4) is 11.5 Å². The maximum atomic E-state index is 11.3. The number of halogens is 3. The molecule has 2 rings (SSSR count). The third-order valence-corrected chi connectivity index (χ3v) is 3.75. The van der Waals surface area contributed by atoms with E-state index in [0.717, 1.165) is 0 Å². The Morgan fingerprint density at radius 2 is 1.73 bits per heavy atom. The Balaban J connectivity index is 2.15. The molecular weight excluding hydrogens is 349 g/mol. The average molecular weight is 361 g/mol. The zero-order valence-corrected chi connectivity index (χ0v) is 13.8. The Morgan fingerprint density at radius 1 is 1.05 bits per heavy atom. The van der Waals surface area contributed by atoms with Gasteiger partial charge >= 0.3 is 6.09 Å². The van der Waals surface area contributed by atoms with Crippen LogP contribution in [0.15, 0.2) is 36.4 Å². The van der Waals surface area contributed by atoms with Crippen LogP contribution in [-0.4, -0.2) is 13.1 Å². The fourth-order valence-corrected chi connectivity index (χ4v) is 2.24. The van der Waals surface area contributed by atoms with Gasteiger partial charge in [-0.1, -0.05) is 53.0 Å². The highest BCUT2D eigenvalue weighted by Gasteiger charge is 2.11. The summed E-state index contributed by atoms with van der Waals surface area (Å²) in [4.78, 5) is 11.3. The van der Waals surface area contributed by atoms with Crippen LogP contribution < -0.4 is 14.8 Å². The molecule has 0 saturated carbocycles. The van der Waals surface area contributed by atoms with Crippen molar-refractivity contribution in [1.29, 1.82) is 0 Å². The molecule has 0 aromatic heterocycles. The number of carbonyl (C=O) groups excluding carboxylic acids is 1. The van der Waals surface area contributed by atoms with Gasteiger partial charge in [-0.15, -0.1) is 0 Å². The molecule has 0 heterocycles. The van der Waals surface area contributed by atoms with Crippen molar-refractivity contribution in [2.75, 3.05) is 7.05 Å². The molecule has 0 bridgehead atoms. The second-order valence-electron chi connectivity index (χ2n) is 4.23. The SMILES string of the molecule is CNC(=O)Oc1ccccc1COc1cc(Cl)c(Cl)cc1Cl. The molecule has 4 nitrogen and oxygen atoms in total. The van der Waals surface area contributed by atoms with E-state index in [0.29, 0.717) is 32.1 Å². The summed E-state index contributed by atoms with van der Waals surface area (Å²) in [5.41, 5.74) is 0.688. The van der Waals surface area contributed by atoms with Crippen LogP contribution in [0.2, 0.25) is 15.1 Å². The van der Waals surface area contributed by atoms with E-state index in [2.05, 4.69) is 5.32 Å². The molecule has 1 N–H and O–H groups in total. The zero-order valence-electron chi connectivity index (χ0n) is 11.5. The van der Waals surface area contributed by atoms with Crippen molar-refractivity contribution in [2.24, 2.45) is 0 Å². The van der Waals surface area contributed by atoms with Gasteiger partial charge in [0.25, 0.3) is 0 Å². The standard InChI is InChI=1S/C15H12Cl3NO3/c1-19-15(20)22-13-5-3-2-4-9(13)8-21-14-7-11(17)10(16)6-12(14)18/h2-7H,8H2,1H3,(H,19,20). The first kappa shape index (κ1) is 16.7. The molecular formula is C15H12Cl3NO3. The Hall–Kier alpha value is -1.62. The second kappa shape index (κ2) is 7.58. The smallest absolute Gasteiger partial charge is 0.412 e. The van der Waals surface area contributed by atoms with E-state index >= 15 is 0 Å². The predicted octanol–water partition coefficient (Wildman–Crippen LogP) is 4.94. The lowest BCUT2D eigenvalue weighted by atomic mass is 10.2. The normalized spacial score (nSPS) is 10.2. The fourth-order valence-electron chi connectivity index (χ4n) is 1.64. The summed E-state index contributed by atoms with van der Waals surface area (Å²) < 4.78 is 10.8. The maximum Gasteiger partial charge on any atom is 0.412 e. The average Bonchev–Trinajstić information content (AvgIpc) is 2.50. The van der Waals surface area contributed by atoms with Crippen molar-refractivity contribution >= 4 is 40.9 Å². The minimum Gasteiger partial charge on any atom is -0.487 e. The van der Waals surface area contributed by atoms with E-state index in [1.807, 2.05) is 6.07 Å². The fraction of sp³-hybridized carbons (Fsp3) is 0.133. The van der Waals surface area contributed by atoms with E-state index in [-0.39, 0.29) is 6.61 Å². The minimum atomic E-state index is -0.556. The molecule has 0 fully saturated rings. The quantitative estimate of drug-likeness (QED) is 0.785. The molecule has 116 valence electrons. The van der Waals surface area contributed by atoms with Crippen molar-refractivity contribution in [2.45, 2.75) is 6.61 Å². The van der Waals surface area contributed by atoms with Gasteiger partial charge < -0.3 is 14.8 Å². The van der Waals surface area contributed by atoms with Crippen LogP contribution in [0.1, 0.15) is 5.56 Å². The molecule has 0 spiro atoms. The van der Waals surface area contributed by atoms with E-state index in [1.165, 1.54) is 19.2 Å². The van der Waals surface area contributed by atoms with Gasteiger partial charge in [-0.3, -0.25) is 0 Å². The number of amides is 1. The Morgan fingerprint density at radius 3 is 2.45 bits per heavy atom. The molecule has 0 saturated heterocycles. The van der Waals surface area contributed by atoms with Crippen LogP contribution in [0, 0.1) is 0 Å². The number of carbonyl (C=O) groups is 1. The maximum absolute atomic E-state index is 11.3. The highest BCUT2D eigenvalue weighted by Crippen LogP contribution is 2.34. The number of nitrogens with one attached hydrogen (secondary N) is 1. The zero-order chi connectivity index (χ0) is 16.1. The molecule has 2 aromatic rings. The first-order valence-electron chi connectivity index (χ1n) is 6.26. The lowest BCUT2D eigenvalue weighted by Gasteiger charge is -2.12. The molecule has 0 aliphatic heterocycles. The lowest BCUT2D eigenvalue weighted by molar-refractivity contribution is 0.201. The predicted molar refractivity (Wildman–Crippen MR) is 87.3 cm³/mol. The van der Waals surface area contributed by atoms with Crippen molar-refractivity contribution in [3.05, 3.63) is 57.0 Å². The van der Waals surface area contributed by atoms with E-state index in [1.54, 1.807) is 18.2 Å². The van der Waals surface area contributed by atoms with Crippen LogP contribution in [0.5, 0.6) is 11.5 Å². The third kappa shape index (κ3) is 4.19. The molecule has 0 unspecified atom stereocenters. The summed E-state index contributed by atoms with van der Waals surface area (Å²) in [5.74, 6) is 0.795. The minimum absolute atomic E-state index is 0.158. The molecule has 0 atom stereocenters. The van der Waals surface area contributed by atoms with E-state index in [4.69, 9.17) is 44.3 Å². The lowest BCUT2D eigenvalue weighted by Crippen LogP contribution is -2.22. The van der Waals surface area contributed by atoms with Gasteiger partial charge in [0.05, 0.1) is 15.1 Å². The van der Waals surface area contributed by atoms with Crippen LogP contribution in [0.4, 0.5) is 4.79 Å². The highest BCUT2D eigenvalue weighted by atomic mass is 35.5. The molecule has 1 amide bonds. The number of hydrogen-bond donors (Lipinski definition) is 1. The molecule has 0 aliphatic carbocycles. The van der Waals surface area contributed by atoms with Gasteiger partial charge in [-0.05, 0) is 12.1 Å². The van der Waals surface area contributed by atoms with Crippen LogP contribution in [0.25, 0.3) is 0 Å². The van der Waals surface area contributed by atoms with Crippen LogP contribution in [-0.2, 0) is 6.61 Å². The summed E-state index contributed by atoms with van der Waals surface area (Å²) in [7, 11) is 1.48. The number of ether oxygens (including phenoxy) is 2. The van der Waals surface area contributed by atoms with E-state index < -0.39 is 6.09 Å². The summed E-state index contributed by atoms with van der Waals surface area (Å²) in [6.45, 7) is 0.158. The monoisotopic (exact) mass is 359 g/mol. The first-order valence-corrected chi connectivity index (χ1v) is 7.39. The van der Waals surface area contributed by atoms with Gasteiger partial charge in [0.1, 0.15) is 18.1 Å². The van der Waals surface area contributed by atoms with Crippen LogP contribution >= 0.6 is 34.8 Å². The van der Waals surface area contributed by atoms with Crippen molar-refractivity contribution in [3.63, 3.8) is 0 Å². The number of hydrogen-bond acceptors (Lipinski definition) is 3. The van der Waals surface area contributed by atoms with Gasteiger partial charge in [0.15, 0.2) is 0 Å². The Bertz CT molecular complexity index is 692. The van der Waals surface area contributed by atoms with Crippen molar-refractivity contribution in [1.82, 2.24) is 5.32 Å². The number of rotatable bonds is 4. The summed E-state index contributed by atoms with van der Waals surface area (Å²) in [6.07, 6.45) is -0.556. The highest BCUT2D eigenvalue weighted by molar-refractivity contribution is 6.43. The van der Waals surface area contributed by atoms with Gasteiger partial charge in [0.2, 0.25) is 0 Å². The second-order valence-corrected chi connectivity index (χ2v) is 5.45. The van der Waals surface area contributed by atoms with Gasteiger partial charge in [0, 0.05) is 18.7 Å². The number of para-hydroxylation sites is 1. The van der Waals surface area contributed by atoms with Gasteiger partial charge in [-0.25, -0.2) is 4.79 Å². The molecule has 22 heavy (non-hydrogen) atoms. The van der Waals surface area contributed by atoms with Crippen molar-refractivity contribution < 1.29 is 14.3 Å². The molecule has 0 aliphatic rings. The topological polar surface area (TPSA) is 47.6 Å². The largest absolute Gasteiger partial charge is 0.487 e. The first-order chi connectivity index (χ1) is 10.5. The Kier molecular flexibility index (Phi) is 5.77. The van der Waals surface area contributed by atoms with Crippen LogP contribution in [0.3, 0.4) is 0 Å². The summed E-state index contributed by atoms with van der Waals surface area (Å²) in [5, 5.41) is 3.42. The van der Waals surface area contributed by atoms with Gasteiger partial charge in [-0.2, -0.15) is 0 Å². The number of benzene rings is 2. The third-order valence-electron chi connectivity index (χ3n) is 2.74.